The van der Waals surface area contributed by atoms with E-state index in [1.54, 1.807) is 54.6 Å². The van der Waals surface area contributed by atoms with Gasteiger partial charge in [0.25, 0.3) is 11.8 Å². The Hall–Kier alpha value is -4.72. The van der Waals surface area contributed by atoms with Crippen LogP contribution in [0.15, 0.2) is 79.0 Å². The fourth-order valence-corrected chi connectivity index (χ4v) is 5.44. The van der Waals surface area contributed by atoms with E-state index in [9.17, 15) is 14.0 Å². The summed E-state index contributed by atoms with van der Waals surface area (Å²) in [4.78, 5) is 37.5. The Kier molecular flexibility index (Phi) is 6.02. The summed E-state index contributed by atoms with van der Waals surface area (Å²) in [6, 6.07) is 20.7. The summed E-state index contributed by atoms with van der Waals surface area (Å²) in [5, 5.41) is 4.95. The Morgan fingerprint density at radius 3 is 2.62 bits per heavy atom. The molecule has 5 aromatic rings. The molecule has 0 fully saturated rings. The second kappa shape index (κ2) is 9.54. The highest BCUT2D eigenvalue weighted by atomic mass is 19.1. The van der Waals surface area contributed by atoms with Gasteiger partial charge in [-0.25, -0.2) is 9.37 Å². The number of nitrogens with one attached hydrogen (secondary N) is 2. The minimum absolute atomic E-state index is 0.209. The molecule has 8 heteroatoms. The molecule has 3 heterocycles. The standard InChI is InChI=1S/C31H27FN4O3/c1-3-4-15-31(35-29(37)26-17-23-22-7-5-6-8-25(22)34-27(23)18-33-26)24-16-21(39-2)13-14-28(24)36(30(31)38)20-11-9-19(32)10-12-20/h5-14,16-18,34H,3-4,15H2,1-2H3,(H,35,37). The number of nitrogens with zero attached hydrogens (tertiary/aromatic N) is 2. The second-order valence-electron chi connectivity index (χ2n) is 9.75. The van der Waals surface area contributed by atoms with Gasteiger partial charge in [-0.1, -0.05) is 38.0 Å². The molecule has 2 aromatic heterocycles. The van der Waals surface area contributed by atoms with Crippen LogP contribution < -0.4 is 15.0 Å². The molecule has 0 saturated heterocycles. The van der Waals surface area contributed by atoms with Crippen LogP contribution in [0.1, 0.15) is 42.2 Å². The van der Waals surface area contributed by atoms with Crippen molar-refractivity contribution in [1.29, 1.82) is 0 Å². The molecule has 7 nitrogen and oxygen atoms in total. The van der Waals surface area contributed by atoms with E-state index in [2.05, 4.69) is 15.3 Å². The molecule has 0 aliphatic carbocycles. The lowest BCUT2D eigenvalue weighted by Crippen LogP contribution is -2.52. The number of carbonyl (C=O) groups is 2. The molecule has 0 bridgehead atoms. The van der Waals surface area contributed by atoms with E-state index in [0.29, 0.717) is 35.5 Å². The van der Waals surface area contributed by atoms with Gasteiger partial charge in [-0.05, 0) is 61.0 Å². The zero-order valence-corrected chi connectivity index (χ0v) is 21.6. The molecule has 0 saturated carbocycles. The minimum Gasteiger partial charge on any atom is -0.497 e. The molecule has 196 valence electrons. The van der Waals surface area contributed by atoms with Gasteiger partial charge in [-0.2, -0.15) is 0 Å². The van der Waals surface area contributed by atoms with Crippen LogP contribution >= 0.6 is 0 Å². The maximum absolute atomic E-state index is 14.3. The molecule has 1 unspecified atom stereocenters. The summed E-state index contributed by atoms with van der Waals surface area (Å²) in [5.41, 5.74) is 2.38. The van der Waals surface area contributed by atoms with Crippen molar-refractivity contribution in [3.63, 3.8) is 0 Å². The molecular formula is C31H27FN4O3. The number of ether oxygens (including phenoxy) is 1. The van der Waals surface area contributed by atoms with Crippen molar-refractivity contribution in [2.75, 3.05) is 12.0 Å². The number of aromatic nitrogens is 2. The Bertz CT molecular complexity index is 1730. The number of rotatable bonds is 7. The van der Waals surface area contributed by atoms with Crippen molar-refractivity contribution >= 4 is 45.0 Å². The van der Waals surface area contributed by atoms with Crippen LogP contribution in [0.25, 0.3) is 21.8 Å². The summed E-state index contributed by atoms with van der Waals surface area (Å²) in [7, 11) is 1.56. The van der Waals surface area contributed by atoms with Gasteiger partial charge in [0.05, 0.1) is 24.5 Å². The van der Waals surface area contributed by atoms with E-state index in [1.165, 1.54) is 12.1 Å². The summed E-state index contributed by atoms with van der Waals surface area (Å²) >= 11 is 0. The number of hydrogen-bond donors (Lipinski definition) is 2. The van der Waals surface area contributed by atoms with Crippen LogP contribution in [0.3, 0.4) is 0 Å². The molecule has 6 rings (SSSR count). The lowest BCUT2D eigenvalue weighted by Gasteiger charge is -2.30. The maximum atomic E-state index is 14.3. The highest BCUT2D eigenvalue weighted by Crippen LogP contribution is 2.48. The van der Waals surface area contributed by atoms with Gasteiger partial charge in [0.15, 0.2) is 0 Å². The van der Waals surface area contributed by atoms with Gasteiger partial charge < -0.3 is 15.0 Å². The van der Waals surface area contributed by atoms with Crippen molar-refractivity contribution in [2.45, 2.75) is 31.7 Å². The molecule has 1 atom stereocenters. The molecule has 2 amide bonds. The Morgan fingerprint density at radius 1 is 1.05 bits per heavy atom. The first-order valence-corrected chi connectivity index (χ1v) is 12.9. The molecule has 2 N–H and O–H groups in total. The Labute approximate surface area is 224 Å². The SMILES string of the molecule is CCCCC1(NC(=O)c2cc3c(cn2)[nH]c2ccccc23)C(=O)N(c2ccc(F)cc2)c2ccc(OC)cc21. The van der Waals surface area contributed by atoms with Crippen molar-refractivity contribution in [2.24, 2.45) is 0 Å². The number of methoxy groups -OCH3 is 1. The van der Waals surface area contributed by atoms with Crippen molar-refractivity contribution in [3.05, 3.63) is 96.1 Å². The highest BCUT2D eigenvalue weighted by molar-refractivity contribution is 6.15. The minimum atomic E-state index is -1.36. The Morgan fingerprint density at radius 2 is 1.85 bits per heavy atom. The third kappa shape index (κ3) is 4.00. The van der Waals surface area contributed by atoms with Gasteiger partial charge in [0.1, 0.15) is 22.8 Å². The third-order valence-electron chi connectivity index (χ3n) is 7.41. The first-order chi connectivity index (χ1) is 18.9. The number of carbonyl (C=O) groups excluding carboxylic acids is 2. The quantitative estimate of drug-likeness (QED) is 0.261. The zero-order valence-electron chi connectivity index (χ0n) is 21.6. The number of fused-ring (bicyclic) bond motifs is 4. The molecule has 0 radical (unpaired) electrons. The van der Waals surface area contributed by atoms with Crippen LogP contribution in [-0.2, 0) is 10.3 Å². The number of anilines is 2. The number of pyridine rings is 1. The van der Waals surface area contributed by atoms with Gasteiger partial charge in [-0.3, -0.25) is 14.5 Å². The van der Waals surface area contributed by atoms with E-state index in [4.69, 9.17) is 4.74 Å². The zero-order chi connectivity index (χ0) is 27.1. The molecule has 1 aliphatic heterocycles. The number of aromatic amines is 1. The van der Waals surface area contributed by atoms with E-state index in [0.717, 1.165) is 28.2 Å². The Balaban J connectivity index is 1.47. The number of para-hydroxylation sites is 1. The molecular weight excluding hydrogens is 495 g/mol. The first-order valence-electron chi connectivity index (χ1n) is 12.9. The summed E-state index contributed by atoms with van der Waals surface area (Å²) in [6.07, 6.45) is 3.53. The molecule has 1 aliphatic rings. The lowest BCUT2D eigenvalue weighted by molar-refractivity contribution is -0.123. The fraction of sp³-hybridized carbons (Fsp3) is 0.194. The smallest absolute Gasteiger partial charge is 0.271 e. The van der Waals surface area contributed by atoms with Gasteiger partial charge >= 0.3 is 0 Å². The van der Waals surface area contributed by atoms with E-state index >= 15 is 0 Å². The maximum Gasteiger partial charge on any atom is 0.271 e. The number of unbranched alkanes of at least 4 members (excludes halogenated alkanes) is 1. The monoisotopic (exact) mass is 522 g/mol. The van der Waals surface area contributed by atoms with Gasteiger partial charge in [-0.15, -0.1) is 0 Å². The van der Waals surface area contributed by atoms with Crippen LogP contribution in [0.5, 0.6) is 5.75 Å². The van der Waals surface area contributed by atoms with Crippen LogP contribution in [0.4, 0.5) is 15.8 Å². The van der Waals surface area contributed by atoms with Crippen LogP contribution in [-0.4, -0.2) is 28.9 Å². The predicted molar refractivity (Wildman–Crippen MR) is 149 cm³/mol. The highest BCUT2D eigenvalue weighted by Gasteiger charge is 2.52. The van der Waals surface area contributed by atoms with Crippen molar-refractivity contribution in [1.82, 2.24) is 15.3 Å². The van der Waals surface area contributed by atoms with Crippen molar-refractivity contribution < 1.29 is 18.7 Å². The second-order valence-corrected chi connectivity index (χ2v) is 9.75. The average Bonchev–Trinajstić information content (AvgIpc) is 3.44. The predicted octanol–water partition coefficient (Wildman–Crippen LogP) is 6.36. The number of hydrogen-bond acceptors (Lipinski definition) is 4. The topological polar surface area (TPSA) is 87.3 Å². The van der Waals surface area contributed by atoms with Crippen LogP contribution in [0, 0.1) is 5.82 Å². The summed E-state index contributed by atoms with van der Waals surface area (Å²) < 4.78 is 19.2. The third-order valence-corrected chi connectivity index (χ3v) is 7.41. The summed E-state index contributed by atoms with van der Waals surface area (Å²) in [5.74, 6) is -0.602. The average molecular weight is 523 g/mol. The number of halogens is 1. The first kappa shape index (κ1) is 24.6. The van der Waals surface area contributed by atoms with Gasteiger partial charge in [0.2, 0.25) is 0 Å². The largest absolute Gasteiger partial charge is 0.497 e. The van der Waals surface area contributed by atoms with Crippen molar-refractivity contribution in [3.8, 4) is 5.75 Å². The lowest BCUT2D eigenvalue weighted by atomic mass is 9.85. The normalized spacial score (nSPS) is 16.6. The number of H-pyrrole nitrogens is 1. The number of benzene rings is 3. The molecule has 3 aromatic carbocycles. The number of amides is 2. The fourth-order valence-electron chi connectivity index (χ4n) is 5.44. The van der Waals surface area contributed by atoms with E-state index in [-0.39, 0.29) is 11.6 Å². The van der Waals surface area contributed by atoms with E-state index in [1.807, 2.05) is 31.2 Å². The van der Waals surface area contributed by atoms with E-state index < -0.39 is 17.3 Å². The summed E-state index contributed by atoms with van der Waals surface area (Å²) in [6.45, 7) is 2.03. The molecule has 0 spiro atoms. The molecule has 39 heavy (non-hydrogen) atoms. The van der Waals surface area contributed by atoms with Gasteiger partial charge in [0, 0.05) is 27.5 Å². The van der Waals surface area contributed by atoms with Crippen LogP contribution in [0.2, 0.25) is 0 Å².